The van der Waals surface area contributed by atoms with Gasteiger partial charge in [-0.05, 0) is 38.8 Å². The summed E-state index contributed by atoms with van der Waals surface area (Å²) in [6, 6.07) is 3.93. The normalized spacial score (nSPS) is 17.3. The van der Waals surface area contributed by atoms with Crippen molar-refractivity contribution in [2.24, 2.45) is 4.99 Å². The number of rotatable bonds is 9. The Morgan fingerprint density at radius 3 is 2.89 bits per heavy atom. The molecule has 1 saturated heterocycles. The van der Waals surface area contributed by atoms with Gasteiger partial charge in [-0.1, -0.05) is 11.6 Å². The molecular formula is C17H30ClIN6O2S. The highest BCUT2D eigenvalue weighted by molar-refractivity contribution is 14.0. The predicted octanol–water partition coefficient (Wildman–Crippen LogP) is 1.82. The second-order valence-electron chi connectivity index (χ2n) is 6.30. The zero-order chi connectivity index (χ0) is 19.7. The number of sulfonamides is 1. The summed E-state index contributed by atoms with van der Waals surface area (Å²) in [6.45, 7) is 7.03. The third-order valence-electron chi connectivity index (χ3n) is 4.22. The van der Waals surface area contributed by atoms with E-state index in [4.69, 9.17) is 11.6 Å². The molecule has 1 fully saturated rings. The molecule has 1 aliphatic rings. The summed E-state index contributed by atoms with van der Waals surface area (Å²) in [5.41, 5.74) is 0. The van der Waals surface area contributed by atoms with Crippen LogP contribution in [0.5, 0.6) is 0 Å². The Balaban J connectivity index is 0.00000392. The molecular weight excluding hydrogens is 515 g/mol. The highest BCUT2D eigenvalue weighted by atomic mass is 127. The maximum absolute atomic E-state index is 11.4. The van der Waals surface area contributed by atoms with Gasteiger partial charge >= 0.3 is 0 Å². The van der Waals surface area contributed by atoms with Crippen LogP contribution >= 0.6 is 35.6 Å². The summed E-state index contributed by atoms with van der Waals surface area (Å²) < 4.78 is 25.4. The molecule has 0 radical (unpaired) electrons. The fourth-order valence-corrected chi connectivity index (χ4v) is 3.69. The minimum Gasteiger partial charge on any atom is -0.357 e. The molecule has 28 heavy (non-hydrogen) atoms. The highest BCUT2D eigenvalue weighted by Gasteiger charge is 2.25. The van der Waals surface area contributed by atoms with Gasteiger partial charge in [0.2, 0.25) is 10.0 Å². The van der Waals surface area contributed by atoms with Crippen molar-refractivity contribution in [1.29, 1.82) is 0 Å². The van der Waals surface area contributed by atoms with Crippen molar-refractivity contribution in [1.82, 2.24) is 20.3 Å². The van der Waals surface area contributed by atoms with Crippen molar-refractivity contribution >= 4 is 57.4 Å². The maximum Gasteiger partial charge on any atom is 0.211 e. The van der Waals surface area contributed by atoms with Crippen LogP contribution in [-0.2, 0) is 10.0 Å². The maximum atomic E-state index is 11.4. The van der Waals surface area contributed by atoms with E-state index < -0.39 is 10.0 Å². The topological polar surface area (TPSA) is 98.7 Å². The van der Waals surface area contributed by atoms with E-state index in [1.807, 2.05) is 19.1 Å². The largest absolute Gasteiger partial charge is 0.357 e. The number of pyridine rings is 1. The van der Waals surface area contributed by atoms with Crippen LogP contribution in [-0.4, -0.2) is 63.9 Å². The van der Waals surface area contributed by atoms with Gasteiger partial charge in [-0.15, -0.1) is 24.0 Å². The Kier molecular flexibility index (Phi) is 11.4. The summed E-state index contributed by atoms with van der Waals surface area (Å²) in [4.78, 5) is 11.1. The molecule has 8 nitrogen and oxygen atoms in total. The fraction of sp³-hybridized carbons (Fsp3) is 0.647. The highest BCUT2D eigenvalue weighted by Crippen LogP contribution is 2.25. The standard InChI is InChI=1S/C17H29ClN6O2S.HI/c1-3-19-17(21-10-6-11-22-27(25,26)4-2)23-14-8-12-24(13-14)16-15(18)7-5-9-20-16;/h5,7,9,14,22H,3-4,6,8,10-13H2,1-2H3,(H2,19,21,23);1H. The number of aliphatic imine (C=N–C) groups is 1. The Labute approximate surface area is 190 Å². The average molecular weight is 545 g/mol. The number of hydrogen-bond acceptors (Lipinski definition) is 5. The molecule has 160 valence electrons. The Hall–Kier alpha value is -0.850. The van der Waals surface area contributed by atoms with Crippen molar-refractivity contribution in [3.05, 3.63) is 23.4 Å². The number of hydrogen-bond donors (Lipinski definition) is 3. The lowest BCUT2D eigenvalue weighted by Crippen LogP contribution is -2.44. The second kappa shape index (κ2) is 12.7. The van der Waals surface area contributed by atoms with Crippen molar-refractivity contribution in [3.8, 4) is 0 Å². The molecule has 2 rings (SSSR count). The van der Waals surface area contributed by atoms with E-state index in [9.17, 15) is 8.42 Å². The molecule has 0 aliphatic carbocycles. The SMILES string of the molecule is CCNC(=NCCCNS(=O)(=O)CC)NC1CCN(c2ncccc2Cl)C1.I. The van der Waals surface area contributed by atoms with Gasteiger partial charge in [0.15, 0.2) is 5.96 Å². The summed E-state index contributed by atoms with van der Waals surface area (Å²) in [6.07, 6.45) is 3.37. The molecule has 0 bridgehead atoms. The number of guanidine groups is 1. The van der Waals surface area contributed by atoms with Crippen molar-refractivity contribution in [3.63, 3.8) is 0 Å². The number of nitrogens with one attached hydrogen (secondary N) is 3. The van der Waals surface area contributed by atoms with Crippen molar-refractivity contribution < 1.29 is 8.42 Å². The van der Waals surface area contributed by atoms with Crippen molar-refractivity contribution in [2.45, 2.75) is 32.7 Å². The third kappa shape index (κ3) is 8.26. The molecule has 2 heterocycles. The fourth-order valence-electron chi connectivity index (χ4n) is 2.79. The number of aromatic nitrogens is 1. The lowest BCUT2D eigenvalue weighted by molar-refractivity contribution is 0.580. The molecule has 3 N–H and O–H groups in total. The Morgan fingerprint density at radius 1 is 1.43 bits per heavy atom. The summed E-state index contributed by atoms with van der Waals surface area (Å²) in [5.74, 6) is 1.65. The van der Waals surface area contributed by atoms with Gasteiger partial charge in [0.1, 0.15) is 5.82 Å². The zero-order valence-corrected chi connectivity index (χ0v) is 20.2. The van der Waals surface area contributed by atoms with Crippen molar-refractivity contribution in [2.75, 3.05) is 43.4 Å². The number of halogens is 2. The van der Waals surface area contributed by atoms with E-state index >= 15 is 0 Å². The third-order valence-corrected chi connectivity index (χ3v) is 5.92. The zero-order valence-electron chi connectivity index (χ0n) is 16.3. The van der Waals surface area contributed by atoms with Crippen LogP contribution in [0.1, 0.15) is 26.7 Å². The van der Waals surface area contributed by atoms with Gasteiger partial charge in [-0.25, -0.2) is 18.1 Å². The average Bonchev–Trinajstić information content (AvgIpc) is 3.10. The predicted molar refractivity (Wildman–Crippen MR) is 126 cm³/mol. The molecule has 11 heteroatoms. The van der Waals surface area contributed by atoms with E-state index in [0.717, 1.165) is 37.8 Å². The summed E-state index contributed by atoms with van der Waals surface area (Å²) in [7, 11) is -3.14. The molecule has 0 saturated carbocycles. The number of nitrogens with zero attached hydrogens (tertiary/aromatic N) is 3. The molecule has 1 aromatic heterocycles. The van der Waals surface area contributed by atoms with Crippen LogP contribution < -0.4 is 20.3 Å². The van der Waals surface area contributed by atoms with Gasteiger partial charge in [-0.3, -0.25) is 4.99 Å². The Morgan fingerprint density at radius 2 is 2.21 bits per heavy atom. The first-order valence-electron chi connectivity index (χ1n) is 9.32. The molecule has 1 aliphatic heterocycles. The number of anilines is 1. The molecule has 0 spiro atoms. The van der Waals surface area contributed by atoms with E-state index in [1.165, 1.54) is 0 Å². The first-order chi connectivity index (χ1) is 12.9. The first kappa shape index (κ1) is 25.2. The lowest BCUT2D eigenvalue weighted by atomic mass is 10.3. The van der Waals surface area contributed by atoms with Gasteiger partial charge in [0.05, 0.1) is 10.8 Å². The first-order valence-corrected chi connectivity index (χ1v) is 11.4. The van der Waals surface area contributed by atoms with Gasteiger partial charge in [-0.2, -0.15) is 0 Å². The quantitative estimate of drug-likeness (QED) is 0.190. The van der Waals surface area contributed by atoms with Crippen LogP contribution in [0.4, 0.5) is 5.82 Å². The van der Waals surface area contributed by atoms with E-state index in [2.05, 4.69) is 30.2 Å². The van der Waals surface area contributed by atoms with Gasteiger partial charge in [0, 0.05) is 45.0 Å². The summed E-state index contributed by atoms with van der Waals surface area (Å²) in [5, 5.41) is 7.34. The molecule has 0 aromatic carbocycles. The monoisotopic (exact) mass is 544 g/mol. The van der Waals surface area contributed by atoms with Crippen LogP contribution in [0.2, 0.25) is 5.02 Å². The van der Waals surface area contributed by atoms with Gasteiger partial charge < -0.3 is 15.5 Å². The molecule has 1 atom stereocenters. The molecule has 1 aromatic rings. The molecule has 0 amide bonds. The summed E-state index contributed by atoms with van der Waals surface area (Å²) >= 11 is 6.24. The Bertz CT molecular complexity index is 734. The van der Waals surface area contributed by atoms with Crippen LogP contribution in [0.3, 0.4) is 0 Å². The second-order valence-corrected chi connectivity index (χ2v) is 8.80. The van der Waals surface area contributed by atoms with E-state index in [1.54, 1.807) is 13.1 Å². The van der Waals surface area contributed by atoms with Crippen LogP contribution in [0.25, 0.3) is 0 Å². The lowest BCUT2D eigenvalue weighted by Gasteiger charge is -2.20. The van der Waals surface area contributed by atoms with E-state index in [0.29, 0.717) is 24.5 Å². The van der Waals surface area contributed by atoms with E-state index in [-0.39, 0.29) is 35.8 Å². The van der Waals surface area contributed by atoms with Crippen LogP contribution in [0, 0.1) is 0 Å². The minimum absolute atomic E-state index is 0. The van der Waals surface area contributed by atoms with Gasteiger partial charge in [0.25, 0.3) is 0 Å². The molecule has 1 unspecified atom stereocenters. The minimum atomic E-state index is -3.14. The van der Waals surface area contributed by atoms with Crippen LogP contribution in [0.15, 0.2) is 23.3 Å². The smallest absolute Gasteiger partial charge is 0.211 e.